The normalized spacial score (nSPS) is 10.1. The van der Waals surface area contributed by atoms with Crippen LogP contribution in [0.25, 0.3) is 22.5 Å². The van der Waals surface area contributed by atoms with Crippen molar-refractivity contribution in [3.8, 4) is 28.5 Å². The quantitative estimate of drug-likeness (QED) is 0.777. The smallest absolute Gasteiger partial charge is 0.223 e. The van der Waals surface area contributed by atoms with Crippen molar-refractivity contribution in [1.29, 1.82) is 5.26 Å². The molecule has 0 spiro atoms. The third kappa shape index (κ3) is 2.85. The van der Waals surface area contributed by atoms with Gasteiger partial charge in [0.1, 0.15) is 17.4 Å². The van der Waals surface area contributed by atoms with E-state index in [2.05, 4.69) is 11.4 Å². The summed E-state index contributed by atoms with van der Waals surface area (Å²) in [5.41, 5.74) is 2.72. The Morgan fingerprint density at radius 2 is 1.57 bits per heavy atom. The van der Waals surface area contributed by atoms with Gasteiger partial charge in [-0.1, -0.05) is 60.7 Å². The van der Waals surface area contributed by atoms with Gasteiger partial charge in [-0.25, -0.2) is 0 Å². The molecule has 3 aromatic rings. The fourth-order valence-corrected chi connectivity index (χ4v) is 2.46. The number of nitrogens with zero attached hydrogens (tertiary/aromatic N) is 1. The molecule has 3 rings (SSSR count). The SMILES string of the molecule is CC(=O)Nc1oc(-c2ccccc2)c(-c2ccccc2)c1C#N. The van der Waals surface area contributed by atoms with Crippen molar-refractivity contribution in [2.45, 2.75) is 6.92 Å². The Morgan fingerprint density at radius 3 is 2.09 bits per heavy atom. The maximum atomic E-state index is 11.4. The van der Waals surface area contributed by atoms with E-state index in [4.69, 9.17) is 4.42 Å². The van der Waals surface area contributed by atoms with Crippen molar-refractivity contribution in [1.82, 2.24) is 0 Å². The zero-order valence-electron chi connectivity index (χ0n) is 12.5. The van der Waals surface area contributed by atoms with Crippen molar-refractivity contribution in [3.63, 3.8) is 0 Å². The minimum atomic E-state index is -0.283. The largest absolute Gasteiger partial charge is 0.438 e. The highest BCUT2D eigenvalue weighted by molar-refractivity contribution is 5.94. The topological polar surface area (TPSA) is 66.0 Å². The van der Waals surface area contributed by atoms with Crippen LogP contribution in [-0.4, -0.2) is 5.91 Å². The summed E-state index contributed by atoms with van der Waals surface area (Å²) in [4.78, 5) is 11.4. The molecule has 4 heteroatoms. The molecule has 4 nitrogen and oxygen atoms in total. The summed E-state index contributed by atoms with van der Waals surface area (Å²) in [6, 6.07) is 21.2. The minimum Gasteiger partial charge on any atom is -0.438 e. The van der Waals surface area contributed by atoms with Gasteiger partial charge in [0.05, 0.1) is 0 Å². The molecule has 0 bridgehead atoms. The van der Waals surface area contributed by atoms with Crippen LogP contribution < -0.4 is 5.32 Å². The fraction of sp³-hybridized carbons (Fsp3) is 0.0526. The molecule has 112 valence electrons. The molecule has 2 aromatic carbocycles. The average molecular weight is 302 g/mol. The molecule has 0 fully saturated rings. The van der Waals surface area contributed by atoms with E-state index >= 15 is 0 Å². The lowest BCUT2D eigenvalue weighted by Crippen LogP contribution is -2.05. The van der Waals surface area contributed by atoms with E-state index in [9.17, 15) is 10.1 Å². The monoisotopic (exact) mass is 302 g/mol. The Morgan fingerprint density at radius 1 is 1.00 bits per heavy atom. The summed E-state index contributed by atoms with van der Waals surface area (Å²) in [7, 11) is 0. The molecule has 0 unspecified atom stereocenters. The van der Waals surface area contributed by atoms with Gasteiger partial charge in [0.15, 0.2) is 0 Å². The second-order valence-electron chi connectivity index (χ2n) is 5.04. The highest BCUT2D eigenvalue weighted by Gasteiger charge is 2.23. The molecular formula is C19H14N2O2. The van der Waals surface area contributed by atoms with Gasteiger partial charge in [0.25, 0.3) is 0 Å². The van der Waals surface area contributed by atoms with Crippen LogP contribution in [0.1, 0.15) is 12.5 Å². The van der Waals surface area contributed by atoms with Crippen molar-refractivity contribution in [2.24, 2.45) is 0 Å². The first kappa shape index (κ1) is 14.6. The van der Waals surface area contributed by atoms with E-state index in [0.717, 1.165) is 11.1 Å². The zero-order chi connectivity index (χ0) is 16.2. The molecule has 1 amide bonds. The van der Waals surface area contributed by atoms with Crippen molar-refractivity contribution >= 4 is 11.8 Å². The first-order valence-electron chi connectivity index (χ1n) is 7.16. The zero-order valence-corrected chi connectivity index (χ0v) is 12.5. The molecule has 0 aliphatic carbocycles. The number of amides is 1. The average Bonchev–Trinajstić information content (AvgIpc) is 2.94. The van der Waals surface area contributed by atoms with Crippen LogP contribution in [0.2, 0.25) is 0 Å². The number of hydrogen-bond donors (Lipinski definition) is 1. The van der Waals surface area contributed by atoms with Gasteiger partial charge in [-0.15, -0.1) is 0 Å². The Kier molecular flexibility index (Phi) is 3.94. The van der Waals surface area contributed by atoms with E-state index < -0.39 is 0 Å². The number of rotatable bonds is 3. The van der Waals surface area contributed by atoms with E-state index in [1.807, 2.05) is 60.7 Å². The van der Waals surface area contributed by atoms with Gasteiger partial charge in [-0.3, -0.25) is 10.1 Å². The molecule has 1 aromatic heterocycles. The van der Waals surface area contributed by atoms with Gasteiger partial charge in [-0.2, -0.15) is 5.26 Å². The van der Waals surface area contributed by atoms with Crippen molar-refractivity contribution < 1.29 is 9.21 Å². The van der Waals surface area contributed by atoms with Gasteiger partial charge in [0.2, 0.25) is 11.8 Å². The molecule has 0 aliphatic rings. The fourth-order valence-electron chi connectivity index (χ4n) is 2.46. The number of benzene rings is 2. The third-order valence-corrected chi connectivity index (χ3v) is 3.41. The minimum absolute atomic E-state index is 0.178. The first-order valence-corrected chi connectivity index (χ1v) is 7.16. The Balaban J connectivity index is 2.28. The Labute approximate surface area is 134 Å². The van der Waals surface area contributed by atoms with Gasteiger partial charge >= 0.3 is 0 Å². The molecular weight excluding hydrogens is 288 g/mol. The van der Waals surface area contributed by atoms with Crippen LogP contribution in [-0.2, 0) is 4.79 Å². The number of furan rings is 1. The standard InChI is InChI=1S/C19H14N2O2/c1-13(22)21-19-16(12-20)17(14-8-4-2-5-9-14)18(23-19)15-10-6-3-7-11-15/h2-11H,1H3,(H,21,22). The van der Waals surface area contributed by atoms with Crippen molar-refractivity contribution in [3.05, 3.63) is 66.2 Å². The number of nitriles is 1. The number of carbonyl (C=O) groups excluding carboxylic acids is 1. The lowest BCUT2D eigenvalue weighted by Gasteiger charge is -2.03. The summed E-state index contributed by atoms with van der Waals surface area (Å²) in [5, 5.41) is 12.2. The molecule has 1 N–H and O–H groups in total. The highest BCUT2D eigenvalue weighted by Crippen LogP contribution is 2.41. The summed E-state index contributed by atoms with van der Waals surface area (Å²) in [5.74, 6) is 0.462. The summed E-state index contributed by atoms with van der Waals surface area (Å²) in [6.07, 6.45) is 0. The van der Waals surface area contributed by atoms with Crippen LogP contribution in [0.3, 0.4) is 0 Å². The number of hydrogen-bond acceptors (Lipinski definition) is 3. The van der Waals surface area contributed by atoms with Crippen LogP contribution in [0.4, 0.5) is 5.88 Å². The molecule has 0 atom stereocenters. The second kappa shape index (κ2) is 6.20. The Hall–Kier alpha value is -3.32. The number of carbonyl (C=O) groups is 1. The van der Waals surface area contributed by atoms with Crippen molar-refractivity contribution in [2.75, 3.05) is 5.32 Å². The van der Waals surface area contributed by atoms with Crippen LogP contribution in [0.5, 0.6) is 0 Å². The molecule has 0 radical (unpaired) electrons. The number of nitrogens with one attached hydrogen (secondary N) is 1. The summed E-state index contributed by atoms with van der Waals surface area (Å²) in [6.45, 7) is 1.38. The highest BCUT2D eigenvalue weighted by atomic mass is 16.4. The van der Waals surface area contributed by atoms with E-state index in [1.165, 1.54) is 6.92 Å². The van der Waals surface area contributed by atoms with Gasteiger partial charge < -0.3 is 4.42 Å². The predicted molar refractivity (Wildman–Crippen MR) is 88.6 cm³/mol. The molecule has 0 aliphatic heterocycles. The molecule has 0 saturated heterocycles. The maximum Gasteiger partial charge on any atom is 0.223 e. The summed E-state index contributed by atoms with van der Waals surface area (Å²) < 4.78 is 5.83. The lowest BCUT2D eigenvalue weighted by atomic mass is 9.98. The first-order chi connectivity index (χ1) is 11.2. The van der Waals surface area contributed by atoms with E-state index in [0.29, 0.717) is 16.9 Å². The Bertz CT molecular complexity index is 875. The molecule has 23 heavy (non-hydrogen) atoms. The second-order valence-corrected chi connectivity index (χ2v) is 5.04. The molecule has 1 heterocycles. The van der Waals surface area contributed by atoms with E-state index in [1.54, 1.807) is 0 Å². The van der Waals surface area contributed by atoms with E-state index in [-0.39, 0.29) is 11.8 Å². The van der Waals surface area contributed by atoms with Gasteiger partial charge in [0, 0.05) is 18.1 Å². The number of anilines is 1. The molecule has 0 saturated carbocycles. The maximum absolute atomic E-state index is 11.4. The van der Waals surface area contributed by atoms with Crippen LogP contribution in [0.15, 0.2) is 65.1 Å². The van der Waals surface area contributed by atoms with Crippen LogP contribution in [0, 0.1) is 11.3 Å². The van der Waals surface area contributed by atoms with Gasteiger partial charge in [-0.05, 0) is 5.56 Å². The summed E-state index contributed by atoms with van der Waals surface area (Å²) >= 11 is 0. The lowest BCUT2D eigenvalue weighted by molar-refractivity contribution is -0.114. The third-order valence-electron chi connectivity index (χ3n) is 3.41. The predicted octanol–water partition coefficient (Wildman–Crippen LogP) is 4.44. The van der Waals surface area contributed by atoms with Crippen LogP contribution >= 0.6 is 0 Å².